The number of aromatic nitrogens is 4. The molecule has 0 spiro atoms. The van der Waals surface area contributed by atoms with E-state index in [0.29, 0.717) is 6.54 Å². The maximum absolute atomic E-state index is 4.50. The van der Waals surface area contributed by atoms with E-state index in [4.69, 9.17) is 0 Å². The molecule has 0 amide bonds. The molecule has 0 saturated carbocycles. The number of hydrogen-bond donors (Lipinski definition) is 1. The summed E-state index contributed by atoms with van der Waals surface area (Å²) in [6, 6.07) is 3.95. The average Bonchev–Trinajstić information content (AvgIpc) is 3.01. The van der Waals surface area contributed by atoms with Gasteiger partial charge in [0.2, 0.25) is 5.95 Å². The Morgan fingerprint density at radius 2 is 1.95 bits per heavy atom. The normalized spacial score (nSPS) is 14.6. The van der Waals surface area contributed by atoms with Gasteiger partial charge in [-0.15, -0.1) is 5.10 Å². The van der Waals surface area contributed by atoms with Crippen LogP contribution in [-0.4, -0.2) is 33.3 Å². The predicted octanol–water partition coefficient (Wildman–Crippen LogP) is 1.48. The highest BCUT2D eigenvalue weighted by Crippen LogP contribution is 2.16. The molecule has 2 aromatic rings. The second-order valence-corrected chi connectivity index (χ2v) is 4.54. The highest BCUT2D eigenvalue weighted by atomic mass is 15.3. The third-order valence-corrected chi connectivity index (χ3v) is 3.16. The van der Waals surface area contributed by atoms with Gasteiger partial charge >= 0.3 is 0 Å². The zero-order valence-electron chi connectivity index (χ0n) is 10.7. The van der Waals surface area contributed by atoms with Gasteiger partial charge in [0, 0.05) is 32.0 Å². The number of pyridine rings is 1. The van der Waals surface area contributed by atoms with Crippen LogP contribution in [0.5, 0.6) is 0 Å². The van der Waals surface area contributed by atoms with Crippen molar-refractivity contribution in [1.82, 2.24) is 20.2 Å². The molecule has 2 aromatic heterocycles. The molecule has 1 N–H and O–H groups in total. The molecule has 1 aliphatic rings. The minimum atomic E-state index is 0.709. The van der Waals surface area contributed by atoms with Crippen molar-refractivity contribution in [2.24, 2.45) is 0 Å². The van der Waals surface area contributed by atoms with E-state index in [1.807, 2.05) is 12.1 Å². The van der Waals surface area contributed by atoms with Gasteiger partial charge in [-0.25, -0.2) is 0 Å². The zero-order chi connectivity index (χ0) is 12.9. The smallest absolute Gasteiger partial charge is 0.247 e. The van der Waals surface area contributed by atoms with Crippen LogP contribution in [0.1, 0.15) is 18.4 Å². The fourth-order valence-corrected chi connectivity index (χ4v) is 2.12. The molecule has 6 heteroatoms. The largest absolute Gasteiger partial charge is 0.365 e. The summed E-state index contributed by atoms with van der Waals surface area (Å²) >= 11 is 0. The standard InChI is InChI=1S/C13H16N6/c1-2-8-19(7-1)13-17-12(10-16-18-13)15-9-11-3-5-14-6-4-11/h3-6,10H,1-2,7-9H2,(H,15,17,18). The summed E-state index contributed by atoms with van der Waals surface area (Å²) in [7, 11) is 0. The molecule has 1 aliphatic heterocycles. The second-order valence-electron chi connectivity index (χ2n) is 4.54. The van der Waals surface area contributed by atoms with Crippen LogP contribution >= 0.6 is 0 Å². The molecule has 19 heavy (non-hydrogen) atoms. The Morgan fingerprint density at radius 3 is 2.74 bits per heavy atom. The Kier molecular flexibility index (Phi) is 3.49. The highest BCUT2D eigenvalue weighted by molar-refractivity contribution is 5.39. The van der Waals surface area contributed by atoms with E-state index in [1.54, 1.807) is 18.6 Å². The van der Waals surface area contributed by atoms with Crippen LogP contribution in [-0.2, 0) is 6.54 Å². The SMILES string of the molecule is c1cc(CNc2cnnc(N3CCCC3)n2)ccn1. The summed E-state index contributed by atoms with van der Waals surface area (Å²) in [5.41, 5.74) is 1.16. The van der Waals surface area contributed by atoms with Crippen molar-refractivity contribution in [2.75, 3.05) is 23.3 Å². The molecule has 1 fully saturated rings. The molecule has 3 rings (SSSR count). The molecular weight excluding hydrogens is 240 g/mol. The number of rotatable bonds is 4. The van der Waals surface area contributed by atoms with Gasteiger partial charge in [-0.3, -0.25) is 4.98 Å². The minimum Gasteiger partial charge on any atom is -0.365 e. The van der Waals surface area contributed by atoms with Crippen molar-refractivity contribution in [3.8, 4) is 0 Å². The Labute approximate surface area is 111 Å². The molecule has 0 aliphatic carbocycles. The fourth-order valence-electron chi connectivity index (χ4n) is 2.12. The molecule has 0 aromatic carbocycles. The van der Waals surface area contributed by atoms with Gasteiger partial charge in [0.25, 0.3) is 0 Å². The molecule has 0 radical (unpaired) electrons. The third kappa shape index (κ3) is 2.96. The van der Waals surface area contributed by atoms with Crippen molar-refractivity contribution in [3.05, 3.63) is 36.3 Å². The van der Waals surface area contributed by atoms with Gasteiger partial charge in [-0.2, -0.15) is 10.1 Å². The summed E-state index contributed by atoms with van der Waals surface area (Å²) < 4.78 is 0. The summed E-state index contributed by atoms with van der Waals surface area (Å²) in [6.45, 7) is 2.76. The van der Waals surface area contributed by atoms with Gasteiger partial charge in [0.15, 0.2) is 5.82 Å². The van der Waals surface area contributed by atoms with Gasteiger partial charge in [0.05, 0.1) is 6.20 Å². The molecule has 3 heterocycles. The first-order valence-electron chi connectivity index (χ1n) is 6.49. The van der Waals surface area contributed by atoms with Crippen LogP contribution in [0.4, 0.5) is 11.8 Å². The number of nitrogens with zero attached hydrogens (tertiary/aromatic N) is 5. The predicted molar refractivity (Wildman–Crippen MR) is 72.8 cm³/mol. The van der Waals surface area contributed by atoms with E-state index in [2.05, 4.69) is 30.4 Å². The topological polar surface area (TPSA) is 66.8 Å². The summed E-state index contributed by atoms with van der Waals surface area (Å²) in [5.74, 6) is 1.48. The number of hydrogen-bond acceptors (Lipinski definition) is 6. The molecule has 0 atom stereocenters. The highest BCUT2D eigenvalue weighted by Gasteiger charge is 2.15. The summed E-state index contributed by atoms with van der Waals surface area (Å²) in [5, 5.41) is 11.4. The Hall–Kier alpha value is -2.24. The summed E-state index contributed by atoms with van der Waals surface area (Å²) in [4.78, 5) is 10.7. The molecule has 0 bridgehead atoms. The maximum Gasteiger partial charge on any atom is 0.247 e. The Bertz CT molecular complexity index is 524. The van der Waals surface area contributed by atoms with E-state index < -0.39 is 0 Å². The third-order valence-electron chi connectivity index (χ3n) is 3.16. The number of nitrogens with one attached hydrogen (secondary N) is 1. The van der Waals surface area contributed by atoms with E-state index in [0.717, 1.165) is 30.4 Å². The maximum atomic E-state index is 4.50. The Morgan fingerprint density at radius 1 is 1.16 bits per heavy atom. The van der Waals surface area contributed by atoms with Crippen LogP contribution < -0.4 is 10.2 Å². The zero-order valence-corrected chi connectivity index (χ0v) is 10.7. The van der Waals surface area contributed by atoms with Gasteiger partial charge < -0.3 is 10.2 Å². The fraction of sp³-hybridized carbons (Fsp3) is 0.385. The first-order valence-corrected chi connectivity index (χ1v) is 6.49. The van der Waals surface area contributed by atoms with Crippen LogP contribution in [0.15, 0.2) is 30.7 Å². The lowest BCUT2D eigenvalue weighted by Crippen LogP contribution is -2.21. The molecule has 6 nitrogen and oxygen atoms in total. The Balaban J connectivity index is 1.66. The van der Waals surface area contributed by atoms with E-state index in [9.17, 15) is 0 Å². The van der Waals surface area contributed by atoms with E-state index in [-0.39, 0.29) is 0 Å². The molecule has 0 unspecified atom stereocenters. The van der Waals surface area contributed by atoms with Crippen molar-refractivity contribution < 1.29 is 0 Å². The quantitative estimate of drug-likeness (QED) is 0.893. The minimum absolute atomic E-state index is 0.709. The number of anilines is 2. The lowest BCUT2D eigenvalue weighted by Gasteiger charge is -2.14. The van der Waals surface area contributed by atoms with Crippen LogP contribution in [0.3, 0.4) is 0 Å². The van der Waals surface area contributed by atoms with Crippen molar-refractivity contribution in [3.63, 3.8) is 0 Å². The average molecular weight is 256 g/mol. The lowest BCUT2D eigenvalue weighted by molar-refractivity contribution is 0.848. The van der Waals surface area contributed by atoms with Crippen molar-refractivity contribution >= 4 is 11.8 Å². The van der Waals surface area contributed by atoms with E-state index in [1.165, 1.54) is 12.8 Å². The van der Waals surface area contributed by atoms with Crippen LogP contribution in [0.25, 0.3) is 0 Å². The van der Waals surface area contributed by atoms with Gasteiger partial charge in [-0.05, 0) is 30.5 Å². The van der Waals surface area contributed by atoms with Crippen molar-refractivity contribution in [1.29, 1.82) is 0 Å². The van der Waals surface area contributed by atoms with Crippen LogP contribution in [0.2, 0.25) is 0 Å². The molecule has 1 saturated heterocycles. The first-order chi connectivity index (χ1) is 9.42. The van der Waals surface area contributed by atoms with E-state index >= 15 is 0 Å². The van der Waals surface area contributed by atoms with Gasteiger partial charge in [0.1, 0.15) is 0 Å². The lowest BCUT2D eigenvalue weighted by atomic mass is 10.3. The van der Waals surface area contributed by atoms with Crippen LogP contribution in [0, 0.1) is 0 Å². The first kappa shape index (κ1) is 11.8. The summed E-state index contributed by atoms with van der Waals surface area (Å²) in [6.07, 6.45) is 7.63. The second kappa shape index (κ2) is 5.60. The monoisotopic (exact) mass is 256 g/mol. The van der Waals surface area contributed by atoms with Gasteiger partial charge in [-0.1, -0.05) is 0 Å². The van der Waals surface area contributed by atoms with Crippen molar-refractivity contribution in [2.45, 2.75) is 19.4 Å². The molecular formula is C13H16N6. The molecule has 98 valence electrons.